The number of halogens is 2. The molecular weight excluding hydrogens is 265 g/mol. The van der Waals surface area contributed by atoms with Crippen LogP contribution < -0.4 is 16.0 Å². The van der Waals surface area contributed by atoms with E-state index in [9.17, 15) is 9.59 Å². The summed E-state index contributed by atoms with van der Waals surface area (Å²) in [6.45, 7) is 0.212. The number of amides is 3. The first kappa shape index (κ1) is 12.0. The molecule has 2 rings (SSSR count). The molecule has 1 aliphatic heterocycles. The van der Waals surface area contributed by atoms with Gasteiger partial charge in [0.1, 0.15) is 6.04 Å². The van der Waals surface area contributed by atoms with E-state index < -0.39 is 12.1 Å². The zero-order chi connectivity index (χ0) is 12.4. The number of benzene rings is 1. The molecule has 5 nitrogen and oxygen atoms in total. The van der Waals surface area contributed by atoms with Gasteiger partial charge in [0.2, 0.25) is 0 Å². The third kappa shape index (κ3) is 2.81. The van der Waals surface area contributed by atoms with Crippen LogP contribution in [0.2, 0.25) is 10.0 Å². The number of nitrogens with one attached hydrogen (secondary N) is 3. The molecule has 1 fully saturated rings. The minimum atomic E-state index is -0.550. The molecule has 0 bridgehead atoms. The molecule has 1 saturated heterocycles. The van der Waals surface area contributed by atoms with Crippen LogP contribution in [0.15, 0.2) is 18.2 Å². The van der Waals surface area contributed by atoms with E-state index in [1.54, 1.807) is 18.2 Å². The smallest absolute Gasteiger partial charge is 0.321 e. The Bertz CT molecular complexity index is 479. The monoisotopic (exact) mass is 273 g/mol. The molecule has 1 aliphatic rings. The van der Waals surface area contributed by atoms with Crippen molar-refractivity contribution in [3.05, 3.63) is 28.2 Å². The highest BCUT2D eigenvalue weighted by Crippen LogP contribution is 2.25. The Balaban J connectivity index is 2.10. The summed E-state index contributed by atoms with van der Waals surface area (Å²) in [5.41, 5.74) is 0.590. The highest BCUT2D eigenvalue weighted by molar-refractivity contribution is 6.36. The predicted octanol–water partition coefficient (Wildman–Crippen LogP) is 1.61. The van der Waals surface area contributed by atoms with Gasteiger partial charge < -0.3 is 10.6 Å². The molecule has 0 aromatic heterocycles. The molecule has 1 unspecified atom stereocenters. The SMILES string of the molecule is O=C1NCC(Nc2ccc(Cl)cc2Cl)C(=O)N1. The van der Waals surface area contributed by atoms with Crippen LogP contribution in [0.4, 0.5) is 10.5 Å². The summed E-state index contributed by atoms with van der Waals surface area (Å²) in [6, 6.07) is 3.87. The Morgan fingerprint density at radius 1 is 1.29 bits per heavy atom. The lowest BCUT2D eigenvalue weighted by atomic mass is 10.2. The van der Waals surface area contributed by atoms with Crippen molar-refractivity contribution >= 4 is 40.8 Å². The van der Waals surface area contributed by atoms with Crippen LogP contribution in [0.3, 0.4) is 0 Å². The lowest BCUT2D eigenvalue weighted by molar-refractivity contribution is -0.121. The van der Waals surface area contributed by atoms with E-state index in [0.717, 1.165) is 0 Å². The van der Waals surface area contributed by atoms with Crippen molar-refractivity contribution in [2.24, 2.45) is 0 Å². The van der Waals surface area contributed by atoms with Crippen LogP contribution in [0, 0.1) is 0 Å². The van der Waals surface area contributed by atoms with E-state index in [2.05, 4.69) is 16.0 Å². The Labute approximate surface area is 107 Å². The second-order valence-corrected chi connectivity index (χ2v) is 4.36. The van der Waals surface area contributed by atoms with Crippen molar-refractivity contribution in [1.29, 1.82) is 0 Å². The molecule has 1 atom stereocenters. The van der Waals surface area contributed by atoms with Crippen molar-refractivity contribution in [3.63, 3.8) is 0 Å². The highest BCUT2D eigenvalue weighted by atomic mass is 35.5. The summed E-state index contributed by atoms with van der Waals surface area (Å²) in [7, 11) is 0. The molecule has 1 aromatic rings. The van der Waals surface area contributed by atoms with Gasteiger partial charge in [0.15, 0.2) is 0 Å². The molecule has 17 heavy (non-hydrogen) atoms. The fourth-order valence-corrected chi connectivity index (χ4v) is 1.90. The van der Waals surface area contributed by atoms with Crippen LogP contribution in [0.1, 0.15) is 0 Å². The van der Waals surface area contributed by atoms with Gasteiger partial charge in [-0.05, 0) is 18.2 Å². The molecule has 0 spiro atoms. The molecule has 0 aliphatic carbocycles. The lowest BCUT2D eigenvalue weighted by Crippen LogP contribution is -2.57. The zero-order valence-electron chi connectivity index (χ0n) is 8.59. The third-order valence-electron chi connectivity index (χ3n) is 2.28. The van der Waals surface area contributed by atoms with Crippen LogP contribution in [0.25, 0.3) is 0 Å². The Morgan fingerprint density at radius 3 is 2.71 bits per heavy atom. The standard InChI is InChI=1S/C10H9Cl2N3O2/c11-5-1-2-7(6(12)3-5)14-8-4-13-10(17)15-9(8)16/h1-3,8,14H,4H2,(H2,13,15,16,17). The van der Waals surface area contributed by atoms with E-state index in [4.69, 9.17) is 23.2 Å². The fourth-order valence-electron chi connectivity index (χ4n) is 1.44. The Hall–Kier alpha value is -1.46. The maximum Gasteiger partial charge on any atom is 0.321 e. The quantitative estimate of drug-likeness (QED) is 0.767. The van der Waals surface area contributed by atoms with Gasteiger partial charge in [0, 0.05) is 11.6 Å². The number of rotatable bonds is 2. The summed E-state index contributed by atoms with van der Waals surface area (Å²) in [4.78, 5) is 22.4. The van der Waals surface area contributed by atoms with E-state index in [-0.39, 0.29) is 12.5 Å². The normalized spacial score (nSPS) is 19.5. The van der Waals surface area contributed by atoms with Crippen molar-refractivity contribution in [2.75, 3.05) is 11.9 Å². The van der Waals surface area contributed by atoms with Gasteiger partial charge in [0.25, 0.3) is 5.91 Å². The summed E-state index contributed by atoms with van der Waals surface area (Å²) in [5.74, 6) is -0.389. The second kappa shape index (κ2) is 4.81. The van der Waals surface area contributed by atoms with Gasteiger partial charge in [-0.15, -0.1) is 0 Å². The minimum absolute atomic E-state index is 0.212. The topological polar surface area (TPSA) is 70.2 Å². The van der Waals surface area contributed by atoms with E-state index in [1.807, 2.05) is 0 Å². The summed E-state index contributed by atoms with van der Waals surface area (Å²) < 4.78 is 0. The molecule has 3 amide bonds. The first-order chi connectivity index (χ1) is 8.06. The maximum absolute atomic E-state index is 11.5. The summed E-state index contributed by atoms with van der Waals surface area (Å²) >= 11 is 11.7. The van der Waals surface area contributed by atoms with E-state index >= 15 is 0 Å². The van der Waals surface area contributed by atoms with Gasteiger partial charge in [-0.2, -0.15) is 0 Å². The molecular formula is C10H9Cl2N3O2. The zero-order valence-corrected chi connectivity index (χ0v) is 10.1. The highest BCUT2D eigenvalue weighted by Gasteiger charge is 2.26. The lowest BCUT2D eigenvalue weighted by Gasteiger charge is -2.24. The average molecular weight is 274 g/mol. The summed E-state index contributed by atoms with van der Waals surface area (Å²) in [5, 5.41) is 8.53. The number of carbonyl (C=O) groups is 2. The van der Waals surface area contributed by atoms with Gasteiger partial charge in [0.05, 0.1) is 10.7 Å². The van der Waals surface area contributed by atoms with Crippen molar-refractivity contribution in [2.45, 2.75) is 6.04 Å². The van der Waals surface area contributed by atoms with Crippen LogP contribution in [-0.2, 0) is 4.79 Å². The van der Waals surface area contributed by atoms with Crippen LogP contribution in [0.5, 0.6) is 0 Å². The minimum Gasteiger partial charge on any atom is -0.371 e. The average Bonchev–Trinajstić information content (AvgIpc) is 2.25. The molecule has 3 N–H and O–H groups in total. The van der Waals surface area contributed by atoms with E-state index in [1.165, 1.54) is 0 Å². The largest absolute Gasteiger partial charge is 0.371 e. The molecule has 0 saturated carbocycles. The second-order valence-electron chi connectivity index (χ2n) is 3.52. The Kier molecular flexibility index (Phi) is 3.40. The number of anilines is 1. The number of imide groups is 1. The van der Waals surface area contributed by atoms with Gasteiger partial charge in [-0.1, -0.05) is 23.2 Å². The fraction of sp³-hybridized carbons (Fsp3) is 0.200. The molecule has 7 heteroatoms. The number of carbonyl (C=O) groups excluding carboxylic acids is 2. The third-order valence-corrected chi connectivity index (χ3v) is 2.83. The van der Waals surface area contributed by atoms with Crippen molar-refractivity contribution in [3.8, 4) is 0 Å². The van der Waals surface area contributed by atoms with Crippen molar-refractivity contribution in [1.82, 2.24) is 10.6 Å². The van der Waals surface area contributed by atoms with Crippen LogP contribution >= 0.6 is 23.2 Å². The van der Waals surface area contributed by atoms with Crippen LogP contribution in [-0.4, -0.2) is 24.5 Å². The van der Waals surface area contributed by atoms with E-state index in [0.29, 0.717) is 15.7 Å². The maximum atomic E-state index is 11.5. The van der Waals surface area contributed by atoms with Gasteiger partial charge in [-0.3, -0.25) is 10.1 Å². The first-order valence-electron chi connectivity index (χ1n) is 4.86. The predicted molar refractivity (Wildman–Crippen MR) is 65.4 cm³/mol. The Morgan fingerprint density at radius 2 is 2.06 bits per heavy atom. The molecule has 90 valence electrons. The molecule has 0 radical (unpaired) electrons. The first-order valence-corrected chi connectivity index (χ1v) is 5.62. The number of hydrogen-bond donors (Lipinski definition) is 3. The summed E-state index contributed by atoms with van der Waals surface area (Å²) in [6.07, 6.45) is 0. The molecule has 1 aromatic carbocycles. The number of hydrogen-bond acceptors (Lipinski definition) is 3. The van der Waals surface area contributed by atoms with Gasteiger partial charge >= 0.3 is 6.03 Å². The molecule has 1 heterocycles. The van der Waals surface area contributed by atoms with Gasteiger partial charge in [-0.25, -0.2) is 4.79 Å². The number of urea groups is 1. The van der Waals surface area contributed by atoms with Crippen molar-refractivity contribution < 1.29 is 9.59 Å².